The van der Waals surface area contributed by atoms with Crippen LogP contribution in [0.5, 0.6) is 0 Å². The summed E-state index contributed by atoms with van der Waals surface area (Å²) in [4.78, 5) is 21.2. The van der Waals surface area contributed by atoms with Crippen LogP contribution in [0.3, 0.4) is 0 Å². The first-order valence-corrected chi connectivity index (χ1v) is 11.3. The van der Waals surface area contributed by atoms with Crippen LogP contribution in [0.25, 0.3) is 0 Å². The maximum absolute atomic E-state index is 11.0. The molecule has 26 heavy (non-hydrogen) atoms. The molecule has 0 aromatic heterocycles. The third-order valence-corrected chi connectivity index (χ3v) is 4.61. The molecule has 0 aliphatic heterocycles. The van der Waals surface area contributed by atoms with Gasteiger partial charge in [-0.2, -0.15) is 0 Å². The van der Waals surface area contributed by atoms with E-state index in [1.54, 1.807) is 0 Å². The van der Waals surface area contributed by atoms with E-state index in [9.17, 15) is 9.59 Å². The number of rotatable bonds is 18. The van der Waals surface area contributed by atoms with E-state index < -0.39 is 5.97 Å². The first-order valence-electron chi connectivity index (χ1n) is 11.3. The Labute approximate surface area is 163 Å². The predicted molar refractivity (Wildman–Crippen MR) is 113 cm³/mol. The maximum Gasteiger partial charge on any atom is 0.303 e. The highest BCUT2D eigenvalue weighted by atomic mass is 16.4. The molecule has 0 fully saturated rings. The number of carbonyl (C=O) groups excluding carboxylic acids is 1. The summed E-state index contributed by atoms with van der Waals surface area (Å²) in [5, 5.41) is 8.46. The van der Waals surface area contributed by atoms with Crippen molar-refractivity contribution in [1.82, 2.24) is 0 Å². The summed E-state index contributed by atoms with van der Waals surface area (Å²) < 4.78 is 0. The normalized spacial score (nSPS) is 10.3. The van der Waals surface area contributed by atoms with Crippen LogP contribution in [-0.4, -0.2) is 16.9 Å². The third kappa shape index (κ3) is 28.0. The van der Waals surface area contributed by atoms with Crippen molar-refractivity contribution in [1.29, 1.82) is 0 Å². The molecule has 0 bridgehead atoms. The molecule has 0 saturated heterocycles. The molecule has 0 atom stereocenters. The van der Waals surface area contributed by atoms with Crippen molar-refractivity contribution in [2.24, 2.45) is 0 Å². The first-order chi connectivity index (χ1) is 12.6. The lowest BCUT2D eigenvalue weighted by Gasteiger charge is -2.01. The molecule has 3 heteroatoms. The Hall–Kier alpha value is -0.860. The molecular formula is C23H46O3. The van der Waals surface area contributed by atoms with E-state index in [0.717, 1.165) is 51.4 Å². The number of Topliss-reactive ketones (excluding diaryl/α,β-unsaturated/α-hetero) is 1. The summed E-state index contributed by atoms with van der Waals surface area (Å²) in [6.07, 6.45) is 20.4. The van der Waals surface area contributed by atoms with Crippen LogP contribution >= 0.6 is 0 Å². The third-order valence-electron chi connectivity index (χ3n) is 4.61. The van der Waals surface area contributed by atoms with Crippen LogP contribution in [-0.2, 0) is 9.59 Å². The highest BCUT2D eigenvalue weighted by Crippen LogP contribution is 2.11. The fourth-order valence-corrected chi connectivity index (χ4v) is 2.81. The minimum absolute atomic E-state index is 0.344. The standard InChI is InChI=1S/C14H28O2.C9H18O/c1-2-3-4-5-6-7-8-9-10-11-12-13-14(15)16;1-3-5-7-9(10)8-6-4-2/h2-13H2,1H3,(H,15,16);3-8H2,1-2H3. The van der Waals surface area contributed by atoms with E-state index in [2.05, 4.69) is 20.8 Å². The smallest absolute Gasteiger partial charge is 0.303 e. The fraction of sp³-hybridized carbons (Fsp3) is 0.913. The monoisotopic (exact) mass is 370 g/mol. The van der Waals surface area contributed by atoms with E-state index >= 15 is 0 Å². The topological polar surface area (TPSA) is 54.4 Å². The van der Waals surface area contributed by atoms with Crippen LogP contribution in [0.15, 0.2) is 0 Å². The molecule has 0 spiro atoms. The van der Waals surface area contributed by atoms with Crippen LogP contribution in [0, 0.1) is 0 Å². The molecule has 0 amide bonds. The van der Waals surface area contributed by atoms with Gasteiger partial charge in [-0.1, -0.05) is 97.8 Å². The summed E-state index contributed by atoms with van der Waals surface area (Å²) in [5.74, 6) is -0.209. The summed E-state index contributed by atoms with van der Waals surface area (Å²) >= 11 is 0. The molecule has 1 N–H and O–H groups in total. The number of hydrogen-bond donors (Lipinski definition) is 1. The highest BCUT2D eigenvalue weighted by Gasteiger charge is 1.98. The van der Waals surface area contributed by atoms with Crippen molar-refractivity contribution in [2.75, 3.05) is 0 Å². The van der Waals surface area contributed by atoms with Crippen molar-refractivity contribution in [3.8, 4) is 0 Å². The van der Waals surface area contributed by atoms with E-state index in [-0.39, 0.29) is 0 Å². The Bertz CT molecular complexity index is 290. The second kappa shape index (κ2) is 24.1. The zero-order valence-electron chi connectivity index (χ0n) is 18.0. The van der Waals surface area contributed by atoms with E-state index in [1.807, 2.05) is 0 Å². The number of carbonyl (C=O) groups is 2. The second-order valence-electron chi connectivity index (χ2n) is 7.43. The molecule has 0 rings (SSSR count). The zero-order valence-corrected chi connectivity index (χ0v) is 18.0. The maximum atomic E-state index is 11.0. The Balaban J connectivity index is 0. The van der Waals surface area contributed by atoms with Crippen molar-refractivity contribution in [3.05, 3.63) is 0 Å². The molecule has 156 valence electrons. The van der Waals surface area contributed by atoms with Gasteiger partial charge in [-0.25, -0.2) is 0 Å². The largest absolute Gasteiger partial charge is 0.481 e. The lowest BCUT2D eigenvalue weighted by Crippen LogP contribution is -1.96. The van der Waals surface area contributed by atoms with Crippen molar-refractivity contribution < 1.29 is 14.7 Å². The number of ketones is 1. The van der Waals surface area contributed by atoms with Crippen LogP contribution in [0.2, 0.25) is 0 Å². The molecular weight excluding hydrogens is 324 g/mol. The minimum atomic E-state index is -0.657. The van der Waals surface area contributed by atoms with Crippen LogP contribution < -0.4 is 0 Å². The van der Waals surface area contributed by atoms with Gasteiger partial charge in [0, 0.05) is 19.3 Å². The zero-order chi connectivity index (χ0) is 19.9. The highest BCUT2D eigenvalue weighted by molar-refractivity contribution is 5.78. The lowest BCUT2D eigenvalue weighted by atomic mass is 10.1. The average Bonchev–Trinajstić information content (AvgIpc) is 2.63. The van der Waals surface area contributed by atoms with E-state index in [0.29, 0.717) is 12.2 Å². The number of unbranched alkanes of at least 4 members (excludes halogenated alkanes) is 12. The van der Waals surface area contributed by atoms with Gasteiger partial charge in [0.1, 0.15) is 5.78 Å². The fourth-order valence-electron chi connectivity index (χ4n) is 2.81. The summed E-state index contributed by atoms with van der Waals surface area (Å²) in [7, 11) is 0. The van der Waals surface area contributed by atoms with Crippen molar-refractivity contribution >= 4 is 11.8 Å². The molecule has 0 aromatic carbocycles. The average molecular weight is 371 g/mol. The van der Waals surface area contributed by atoms with Crippen LogP contribution in [0.4, 0.5) is 0 Å². The molecule has 0 radical (unpaired) electrons. The Kier molecular flexibility index (Phi) is 25.4. The van der Waals surface area contributed by atoms with Gasteiger partial charge in [0.05, 0.1) is 0 Å². The van der Waals surface area contributed by atoms with E-state index in [1.165, 1.54) is 57.8 Å². The molecule has 0 unspecified atom stereocenters. The summed E-state index contributed by atoms with van der Waals surface area (Å²) in [6.45, 7) is 6.48. The van der Waals surface area contributed by atoms with Gasteiger partial charge in [-0.05, 0) is 19.3 Å². The van der Waals surface area contributed by atoms with Gasteiger partial charge >= 0.3 is 5.97 Å². The second-order valence-corrected chi connectivity index (χ2v) is 7.43. The number of carboxylic acid groups (broad SMARTS) is 1. The predicted octanol–water partition coefficient (Wildman–Crippen LogP) is 7.71. The van der Waals surface area contributed by atoms with Gasteiger partial charge in [0.25, 0.3) is 0 Å². The van der Waals surface area contributed by atoms with Gasteiger partial charge < -0.3 is 5.11 Å². The first kappa shape index (κ1) is 27.4. The van der Waals surface area contributed by atoms with Crippen molar-refractivity contribution in [2.45, 2.75) is 136 Å². The number of aliphatic carboxylic acids is 1. The molecule has 3 nitrogen and oxygen atoms in total. The molecule has 0 saturated carbocycles. The molecule has 0 aromatic rings. The van der Waals surface area contributed by atoms with Gasteiger partial charge in [-0.3, -0.25) is 9.59 Å². The number of carboxylic acids is 1. The summed E-state index contributed by atoms with van der Waals surface area (Å²) in [5.41, 5.74) is 0. The molecule has 0 aliphatic carbocycles. The van der Waals surface area contributed by atoms with Crippen molar-refractivity contribution in [3.63, 3.8) is 0 Å². The van der Waals surface area contributed by atoms with E-state index in [4.69, 9.17) is 5.11 Å². The molecule has 0 aliphatic rings. The van der Waals surface area contributed by atoms with Gasteiger partial charge in [0.15, 0.2) is 0 Å². The molecule has 0 heterocycles. The number of hydrogen-bond acceptors (Lipinski definition) is 2. The summed E-state index contributed by atoms with van der Waals surface area (Å²) in [6, 6.07) is 0. The van der Waals surface area contributed by atoms with Gasteiger partial charge in [-0.15, -0.1) is 0 Å². The SMILES string of the molecule is CCCCC(=O)CCCC.CCCCCCCCCCCCCC(=O)O. The lowest BCUT2D eigenvalue weighted by molar-refractivity contribution is -0.137. The Morgan fingerprint density at radius 2 is 0.846 bits per heavy atom. The van der Waals surface area contributed by atoms with Crippen LogP contribution in [0.1, 0.15) is 136 Å². The Morgan fingerprint density at radius 3 is 1.19 bits per heavy atom. The Morgan fingerprint density at radius 1 is 0.500 bits per heavy atom. The quantitative estimate of drug-likeness (QED) is 0.251. The van der Waals surface area contributed by atoms with Gasteiger partial charge in [0.2, 0.25) is 0 Å². The minimum Gasteiger partial charge on any atom is -0.481 e.